The molecule has 4 nitrogen and oxygen atoms in total. The molecule has 0 aliphatic heterocycles. The third-order valence-electron chi connectivity index (χ3n) is 8.93. The van der Waals surface area contributed by atoms with E-state index in [1.54, 1.807) is 0 Å². The Kier molecular flexibility index (Phi) is 11.1. The van der Waals surface area contributed by atoms with Gasteiger partial charge in [0.05, 0.1) is 5.69 Å². The van der Waals surface area contributed by atoms with Crippen LogP contribution in [0.2, 0.25) is 10.0 Å². The van der Waals surface area contributed by atoms with Gasteiger partial charge < -0.3 is 14.3 Å². The van der Waals surface area contributed by atoms with E-state index < -0.39 is 0 Å². The fourth-order valence-electron chi connectivity index (χ4n) is 5.59. The molecule has 5 aromatic carbocycles. The van der Waals surface area contributed by atoms with Gasteiger partial charge >= 0.3 is 0 Å². The number of hydrogen-bond acceptors (Lipinski definition) is 4. The monoisotopic (exact) mass is 737 g/mol. The van der Waals surface area contributed by atoms with Gasteiger partial charge in [0.2, 0.25) is 0 Å². The van der Waals surface area contributed by atoms with Crippen LogP contribution in [0, 0.1) is 0 Å². The standard InChI is InChI=1S/C46H53Cl2NO3/c1-43(2,3)30-21-31(44(4,5)6)25-36(24-30)49(41-15-13-14-16-42(41)51-40-27-33(46(10,11)12)23-35(48)29-40)52-38-19-17-37(18-20-38)50-39-26-32(45(7,8)9)22-34(47)28-39/h13-29H,1-12H3. The molecule has 274 valence electrons. The minimum atomic E-state index is -0.105. The quantitative estimate of drug-likeness (QED) is 0.148. The Hall–Kier alpha value is -4.12. The summed E-state index contributed by atoms with van der Waals surface area (Å²) in [5.41, 5.74) is 5.83. The molecule has 0 atom stereocenters. The second kappa shape index (κ2) is 14.7. The first-order chi connectivity index (χ1) is 24.1. The number of ether oxygens (including phenoxy) is 2. The topological polar surface area (TPSA) is 30.9 Å². The van der Waals surface area contributed by atoms with Crippen LogP contribution in [-0.2, 0) is 21.7 Å². The zero-order chi connectivity index (χ0) is 38.2. The van der Waals surface area contributed by atoms with Crippen LogP contribution in [0.3, 0.4) is 0 Å². The third-order valence-corrected chi connectivity index (χ3v) is 9.36. The molecule has 0 saturated heterocycles. The Morgan fingerprint density at radius 1 is 0.423 bits per heavy atom. The van der Waals surface area contributed by atoms with Crippen LogP contribution in [-0.4, -0.2) is 0 Å². The van der Waals surface area contributed by atoms with Crippen molar-refractivity contribution in [2.24, 2.45) is 0 Å². The lowest BCUT2D eigenvalue weighted by Gasteiger charge is -2.31. The summed E-state index contributed by atoms with van der Waals surface area (Å²) < 4.78 is 12.9. The van der Waals surface area contributed by atoms with Crippen molar-refractivity contribution in [2.75, 3.05) is 5.06 Å². The predicted octanol–water partition coefficient (Wildman–Crippen LogP) is 14.9. The molecule has 0 radical (unpaired) electrons. The van der Waals surface area contributed by atoms with E-state index in [1.807, 2.05) is 83.9 Å². The van der Waals surface area contributed by atoms with Crippen molar-refractivity contribution in [3.63, 3.8) is 0 Å². The SMILES string of the molecule is CC(C)(C)c1cc(Cl)cc(Oc2ccc(ON(c3cc(C(C)(C)C)cc(C(C)(C)C)c3)c3ccccc3Oc3cc(Cl)cc(C(C)(C)C)c3)cc2)c1. The van der Waals surface area contributed by atoms with Gasteiger partial charge in [-0.15, -0.1) is 0 Å². The van der Waals surface area contributed by atoms with Gasteiger partial charge in [-0.1, -0.05) is 124 Å². The van der Waals surface area contributed by atoms with Crippen LogP contribution < -0.4 is 19.4 Å². The van der Waals surface area contributed by atoms with Crippen LogP contribution in [0.15, 0.2) is 103 Å². The average molecular weight is 739 g/mol. The number of nitrogens with zero attached hydrogens (tertiary/aromatic N) is 1. The summed E-state index contributed by atoms with van der Waals surface area (Å²) >= 11 is 13.1. The summed E-state index contributed by atoms with van der Waals surface area (Å²) in [5.74, 6) is 3.26. The lowest BCUT2D eigenvalue weighted by Crippen LogP contribution is -2.24. The van der Waals surface area contributed by atoms with E-state index >= 15 is 0 Å². The maximum atomic E-state index is 6.84. The molecule has 0 aliphatic carbocycles. The molecule has 0 amide bonds. The highest BCUT2D eigenvalue weighted by Gasteiger charge is 2.26. The molecule has 6 heteroatoms. The van der Waals surface area contributed by atoms with Gasteiger partial charge in [0.15, 0.2) is 11.5 Å². The summed E-state index contributed by atoms with van der Waals surface area (Å²) in [6.45, 7) is 26.3. The lowest BCUT2D eigenvalue weighted by atomic mass is 9.80. The molecule has 0 unspecified atom stereocenters. The van der Waals surface area contributed by atoms with Crippen molar-refractivity contribution in [3.8, 4) is 28.7 Å². The minimum Gasteiger partial charge on any atom is -0.457 e. The lowest BCUT2D eigenvalue weighted by molar-refractivity contribution is 0.318. The van der Waals surface area contributed by atoms with Gasteiger partial charge in [-0.2, -0.15) is 5.06 Å². The normalized spacial score (nSPS) is 12.4. The molecule has 0 aromatic heterocycles. The Balaban J connectivity index is 1.58. The van der Waals surface area contributed by atoms with E-state index in [0.717, 1.165) is 22.5 Å². The van der Waals surface area contributed by atoms with Crippen molar-refractivity contribution < 1.29 is 14.3 Å². The highest BCUT2D eigenvalue weighted by atomic mass is 35.5. The second-order valence-corrected chi connectivity index (χ2v) is 18.5. The van der Waals surface area contributed by atoms with Gasteiger partial charge in [0, 0.05) is 10.0 Å². The molecule has 0 N–H and O–H groups in total. The van der Waals surface area contributed by atoms with Gasteiger partial charge in [-0.05, 0) is 129 Å². The number of para-hydroxylation sites is 2. The van der Waals surface area contributed by atoms with Crippen LogP contribution >= 0.6 is 23.2 Å². The minimum absolute atomic E-state index is 0.0665. The third kappa shape index (κ3) is 9.85. The van der Waals surface area contributed by atoms with Gasteiger partial charge in [-0.3, -0.25) is 0 Å². The Morgan fingerprint density at radius 2 is 0.846 bits per heavy atom. The number of hydrogen-bond donors (Lipinski definition) is 0. The number of halogens is 2. The van der Waals surface area contributed by atoms with Crippen molar-refractivity contribution in [1.82, 2.24) is 0 Å². The van der Waals surface area contributed by atoms with E-state index in [1.165, 1.54) is 11.1 Å². The number of anilines is 2. The number of benzene rings is 5. The first-order valence-electron chi connectivity index (χ1n) is 17.9. The van der Waals surface area contributed by atoms with Crippen molar-refractivity contribution in [2.45, 2.75) is 105 Å². The zero-order valence-corrected chi connectivity index (χ0v) is 34.3. The first-order valence-corrected chi connectivity index (χ1v) is 18.6. The Labute approximate surface area is 321 Å². The van der Waals surface area contributed by atoms with Crippen LogP contribution in [0.4, 0.5) is 11.4 Å². The van der Waals surface area contributed by atoms with E-state index in [9.17, 15) is 0 Å². The molecular formula is C46H53Cl2NO3. The van der Waals surface area contributed by atoms with Gasteiger partial charge in [0.25, 0.3) is 0 Å². The summed E-state index contributed by atoms with van der Waals surface area (Å²) in [5, 5.41) is 3.12. The highest BCUT2D eigenvalue weighted by Crippen LogP contribution is 2.42. The summed E-state index contributed by atoms with van der Waals surface area (Å²) in [6.07, 6.45) is 0. The molecule has 0 heterocycles. The predicted molar refractivity (Wildman–Crippen MR) is 220 cm³/mol. The zero-order valence-electron chi connectivity index (χ0n) is 32.7. The van der Waals surface area contributed by atoms with Crippen molar-refractivity contribution in [1.29, 1.82) is 0 Å². The van der Waals surface area contributed by atoms with Gasteiger partial charge in [0.1, 0.15) is 22.9 Å². The van der Waals surface area contributed by atoms with Crippen molar-refractivity contribution >= 4 is 34.6 Å². The molecule has 5 aromatic rings. The molecular weight excluding hydrogens is 685 g/mol. The second-order valence-electron chi connectivity index (χ2n) is 17.6. The van der Waals surface area contributed by atoms with Crippen LogP contribution in [0.25, 0.3) is 0 Å². The summed E-state index contributed by atoms with van der Waals surface area (Å²) in [7, 11) is 0. The molecule has 0 fully saturated rings. The van der Waals surface area contributed by atoms with Crippen LogP contribution in [0.5, 0.6) is 28.7 Å². The molecule has 0 spiro atoms. The van der Waals surface area contributed by atoms with E-state index in [-0.39, 0.29) is 21.7 Å². The Bertz CT molecular complexity index is 1990. The van der Waals surface area contributed by atoms with Crippen LogP contribution in [0.1, 0.15) is 105 Å². The number of rotatable bonds is 8. The Morgan fingerprint density at radius 3 is 1.33 bits per heavy atom. The van der Waals surface area contributed by atoms with Gasteiger partial charge in [-0.25, -0.2) is 0 Å². The molecule has 5 rings (SSSR count). The average Bonchev–Trinajstić information content (AvgIpc) is 3.02. The largest absolute Gasteiger partial charge is 0.457 e. The summed E-state index contributed by atoms with van der Waals surface area (Å²) in [4.78, 5) is 6.84. The summed E-state index contributed by atoms with van der Waals surface area (Å²) in [6, 6.07) is 34.0. The van der Waals surface area contributed by atoms with E-state index in [2.05, 4.69) is 107 Å². The molecule has 52 heavy (non-hydrogen) atoms. The maximum Gasteiger partial charge on any atom is 0.156 e. The molecule has 0 aliphatic rings. The van der Waals surface area contributed by atoms with E-state index in [4.69, 9.17) is 37.5 Å². The molecule has 0 saturated carbocycles. The smallest absolute Gasteiger partial charge is 0.156 e. The van der Waals surface area contributed by atoms with E-state index in [0.29, 0.717) is 38.8 Å². The first kappa shape index (κ1) is 39.1. The maximum absolute atomic E-state index is 6.84. The molecule has 0 bridgehead atoms. The highest BCUT2D eigenvalue weighted by molar-refractivity contribution is 6.31. The van der Waals surface area contributed by atoms with Crippen molar-refractivity contribution in [3.05, 3.63) is 135 Å². The fourth-order valence-corrected chi connectivity index (χ4v) is 6.04. The fraction of sp³-hybridized carbons (Fsp3) is 0.348.